The molecule has 0 rings (SSSR count). The average molecular weight is 156 g/mol. The molecule has 0 bridgehead atoms. The number of hydrogen-bond acceptors (Lipinski definition) is 2. The van der Waals surface area contributed by atoms with Gasteiger partial charge in [-0.3, -0.25) is 0 Å². The second-order valence-corrected chi connectivity index (χ2v) is 2.56. The van der Waals surface area contributed by atoms with Crippen molar-refractivity contribution in [3.05, 3.63) is 36.0 Å². The van der Waals surface area contributed by atoms with Gasteiger partial charge in [0, 0.05) is 4.91 Å². The van der Waals surface area contributed by atoms with Crippen LogP contribution in [-0.2, 0) is 4.74 Å². The second kappa shape index (κ2) is 5.18. The first-order chi connectivity index (χ1) is 4.74. The van der Waals surface area contributed by atoms with E-state index in [4.69, 9.17) is 4.74 Å². The van der Waals surface area contributed by atoms with Gasteiger partial charge in [-0.1, -0.05) is 13.2 Å². The molecule has 0 aromatic rings. The van der Waals surface area contributed by atoms with E-state index >= 15 is 0 Å². The lowest BCUT2D eigenvalue weighted by Gasteiger charge is -1.98. The van der Waals surface area contributed by atoms with Gasteiger partial charge < -0.3 is 4.74 Å². The fraction of sp³-hybridized carbons (Fsp3) is 0.250. The van der Waals surface area contributed by atoms with Crippen LogP contribution in [0, 0.1) is 0 Å². The van der Waals surface area contributed by atoms with Gasteiger partial charge in [-0.25, -0.2) is 0 Å². The van der Waals surface area contributed by atoms with Crippen molar-refractivity contribution in [2.75, 3.05) is 13.4 Å². The highest BCUT2D eigenvalue weighted by Crippen LogP contribution is 2.12. The normalized spacial score (nSPS) is 10.8. The minimum atomic E-state index is 0.749. The van der Waals surface area contributed by atoms with Crippen LogP contribution in [0.25, 0.3) is 0 Å². The van der Waals surface area contributed by atoms with E-state index in [-0.39, 0.29) is 0 Å². The number of thioether (sulfide) groups is 1. The molecule has 10 heavy (non-hydrogen) atoms. The number of methoxy groups -OCH3 is 1. The standard InChI is InChI=1S/C8H12OS/c1-5-8(9-3)6-7(2)10-4/h5-6H,1-2H2,3-4H3/b8-6+. The lowest BCUT2D eigenvalue weighted by Crippen LogP contribution is -1.80. The average Bonchev–Trinajstić information content (AvgIpc) is 1.99. The molecule has 0 aliphatic rings. The summed E-state index contributed by atoms with van der Waals surface area (Å²) < 4.78 is 4.94. The summed E-state index contributed by atoms with van der Waals surface area (Å²) in [7, 11) is 1.61. The van der Waals surface area contributed by atoms with Crippen LogP contribution in [0.2, 0.25) is 0 Å². The van der Waals surface area contributed by atoms with Gasteiger partial charge in [0.1, 0.15) is 5.76 Å². The molecule has 0 unspecified atom stereocenters. The van der Waals surface area contributed by atoms with E-state index in [0.29, 0.717) is 0 Å². The van der Waals surface area contributed by atoms with Gasteiger partial charge >= 0.3 is 0 Å². The number of hydrogen-bond donors (Lipinski definition) is 0. The molecule has 56 valence electrons. The Labute approximate surface area is 66.5 Å². The van der Waals surface area contributed by atoms with Crippen LogP contribution in [-0.4, -0.2) is 13.4 Å². The first-order valence-corrected chi connectivity index (χ1v) is 4.08. The molecule has 0 aromatic carbocycles. The summed E-state index contributed by atoms with van der Waals surface area (Å²) in [5.41, 5.74) is 0. The van der Waals surface area contributed by atoms with E-state index in [1.54, 1.807) is 24.9 Å². The molecule has 0 N–H and O–H groups in total. The van der Waals surface area contributed by atoms with Gasteiger partial charge in [-0.05, 0) is 18.4 Å². The Morgan fingerprint density at radius 2 is 2.20 bits per heavy atom. The van der Waals surface area contributed by atoms with Crippen LogP contribution in [0.15, 0.2) is 36.0 Å². The van der Waals surface area contributed by atoms with Crippen molar-refractivity contribution in [3.63, 3.8) is 0 Å². The zero-order valence-electron chi connectivity index (χ0n) is 6.39. The molecule has 0 amide bonds. The third-order valence-corrected chi connectivity index (χ3v) is 1.64. The summed E-state index contributed by atoms with van der Waals surface area (Å²) in [6, 6.07) is 0. The monoisotopic (exact) mass is 156 g/mol. The van der Waals surface area contributed by atoms with Crippen molar-refractivity contribution < 1.29 is 4.74 Å². The highest BCUT2D eigenvalue weighted by molar-refractivity contribution is 8.02. The first-order valence-electron chi connectivity index (χ1n) is 2.85. The molecule has 0 aliphatic carbocycles. The minimum Gasteiger partial charge on any atom is -0.497 e. The van der Waals surface area contributed by atoms with Crippen LogP contribution >= 0.6 is 11.8 Å². The molecule has 0 heterocycles. The third kappa shape index (κ3) is 3.41. The Balaban J connectivity index is 4.09. The Morgan fingerprint density at radius 3 is 2.50 bits per heavy atom. The SMILES string of the molecule is C=C/C(=C\C(=C)SC)OC. The molecule has 0 atom stereocenters. The van der Waals surface area contributed by atoms with E-state index < -0.39 is 0 Å². The van der Waals surface area contributed by atoms with E-state index in [9.17, 15) is 0 Å². The molecular weight excluding hydrogens is 144 g/mol. The molecule has 2 heteroatoms. The summed E-state index contributed by atoms with van der Waals surface area (Å²) in [6.45, 7) is 7.34. The van der Waals surface area contributed by atoms with Crippen LogP contribution < -0.4 is 0 Å². The number of allylic oxidation sites excluding steroid dienone is 2. The topological polar surface area (TPSA) is 9.23 Å². The minimum absolute atomic E-state index is 0.749. The van der Waals surface area contributed by atoms with E-state index in [0.717, 1.165) is 10.7 Å². The largest absolute Gasteiger partial charge is 0.497 e. The third-order valence-electron chi connectivity index (χ3n) is 1.00. The maximum Gasteiger partial charge on any atom is 0.119 e. The quantitative estimate of drug-likeness (QED) is 0.457. The lowest BCUT2D eigenvalue weighted by molar-refractivity contribution is 0.307. The smallest absolute Gasteiger partial charge is 0.119 e. The highest BCUT2D eigenvalue weighted by Gasteiger charge is 1.88. The van der Waals surface area contributed by atoms with Gasteiger partial charge in [-0.15, -0.1) is 11.8 Å². The molecular formula is C8H12OS. The fourth-order valence-corrected chi connectivity index (χ4v) is 0.653. The lowest BCUT2D eigenvalue weighted by atomic mass is 10.4. The molecule has 0 saturated heterocycles. The van der Waals surface area contributed by atoms with Gasteiger partial charge in [0.25, 0.3) is 0 Å². The Kier molecular flexibility index (Phi) is 4.85. The molecule has 0 fully saturated rings. The van der Waals surface area contributed by atoms with Crippen molar-refractivity contribution in [3.8, 4) is 0 Å². The van der Waals surface area contributed by atoms with Gasteiger partial charge in [0.2, 0.25) is 0 Å². The maximum absolute atomic E-state index is 4.94. The zero-order valence-corrected chi connectivity index (χ0v) is 7.20. The first kappa shape index (κ1) is 9.37. The molecule has 0 spiro atoms. The van der Waals surface area contributed by atoms with Crippen LogP contribution in [0.3, 0.4) is 0 Å². The summed E-state index contributed by atoms with van der Waals surface area (Å²) >= 11 is 1.59. The molecule has 0 aliphatic heterocycles. The molecule has 0 aromatic heterocycles. The van der Waals surface area contributed by atoms with Crippen molar-refractivity contribution >= 4 is 11.8 Å². The number of ether oxygens (including phenoxy) is 1. The second-order valence-electron chi connectivity index (χ2n) is 1.63. The highest BCUT2D eigenvalue weighted by atomic mass is 32.2. The molecule has 0 radical (unpaired) electrons. The van der Waals surface area contributed by atoms with Crippen LogP contribution in [0.4, 0.5) is 0 Å². The Morgan fingerprint density at radius 1 is 1.60 bits per heavy atom. The Hall–Kier alpha value is -0.630. The Bertz CT molecular complexity index is 159. The summed E-state index contributed by atoms with van der Waals surface area (Å²) in [6.07, 6.45) is 5.47. The van der Waals surface area contributed by atoms with E-state index in [1.807, 2.05) is 12.3 Å². The van der Waals surface area contributed by atoms with Gasteiger partial charge in [0.15, 0.2) is 0 Å². The number of rotatable bonds is 4. The van der Waals surface area contributed by atoms with Crippen LogP contribution in [0.1, 0.15) is 0 Å². The van der Waals surface area contributed by atoms with Crippen molar-refractivity contribution in [1.82, 2.24) is 0 Å². The zero-order chi connectivity index (χ0) is 7.98. The van der Waals surface area contributed by atoms with E-state index in [2.05, 4.69) is 13.2 Å². The summed E-state index contributed by atoms with van der Waals surface area (Å²) in [5, 5.41) is 0. The van der Waals surface area contributed by atoms with Crippen LogP contribution in [0.5, 0.6) is 0 Å². The molecule has 0 saturated carbocycles. The predicted molar refractivity (Wildman–Crippen MR) is 47.9 cm³/mol. The van der Waals surface area contributed by atoms with Gasteiger partial charge in [-0.2, -0.15) is 0 Å². The predicted octanol–water partition coefficient (Wildman–Crippen LogP) is 2.58. The van der Waals surface area contributed by atoms with Gasteiger partial charge in [0.05, 0.1) is 7.11 Å². The van der Waals surface area contributed by atoms with Crippen molar-refractivity contribution in [2.45, 2.75) is 0 Å². The van der Waals surface area contributed by atoms with E-state index in [1.165, 1.54) is 0 Å². The summed E-state index contributed by atoms with van der Waals surface area (Å²) in [5.74, 6) is 0.749. The fourth-order valence-electron chi connectivity index (χ4n) is 0.419. The van der Waals surface area contributed by atoms with Crippen molar-refractivity contribution in [1.29, 1.82) is 0 Å². The maximum atomic E-state index is 4.94. The summed E-state index contributed by atoms with van der Waals surface area (Å²) in [4.78, 5) is 0.969. The molecule has 1 nitrogen and oxygen atoms in total. The van der Waals surface area contributed by atoms with Crippen molar-refractivity contribution in [2.24, 2.45) is 0 Å².